The minimum Gasteiger partial charge on any atom is -0.478 e. The van der Waals surface area contributed by atoms with Crippen molar-refractivity contribution in [2.24, 2.45) is 5.92 Å². The van der Waals surface area contributed by atoms with Gasteiger partial charge in [0.1, 0.15) is 0 Å². The summed E-state index contributed by atoms with van der Waals surface area (Å²) in [5.41, 5.74) is 0.227. The SMILES string of the molecule is C[C@@H]1C(=O)NC2=CC(=O)C=C(C2=O)[C@H](Nc2ccccc2C(=O)O)C/C=C\C=C\[C@H]1O. The fourth-order valence-electron chi connectivity index (χ4n) is 3.26. The van der Waals surface area contributed by atoms with E-state index >= 15 is 0 Å². The molecular formula is C23H22N2O6. The smallest absolute Gasteiger partial charge is 0.337 e. The largest absolute Gasteiger partial charge is 0.478 e. The summed E-state index contributed by atoms with van der Waals surface area (Å²) in [5, 5.41) is 25.1. The van der Waals surface area contributed by atoms with Crippen molar-refractivity contribution in [3.8, 4) is 0 Å². The zero-order chi connectivity index (χ0) is 22.5. The second kappa shape index (κ2) is 9.36. The summed E-state index contributed by atoms with van der Waals surface area (Å²) in [4.78, 5) is 49.3. The molecular weight excluding hydrogens is 400 g/mol. The molecule has 0 fully saturated rings. The van der Waals surface area contributed by atoms with Gasteiger partial charge in [-0.3, -0.25) is 14.4 Å². The maximum atomic E-state index is 13.1. The number of para-hydroxylation sites is 1. The van der Waals surface area contributed by atoms with Crippen LogP contribution in [0.4, 0.5) is 5.69 Å². The number of Topliss-reactive ketones (excluding diaryl/α,β-unsaturated/α-hetero) is 1. The number of nitrogens with one attached hydrogen (secondary N) is 2. The van der Waals surface area contributed by atoms with Crippen LogP contribution >= 0.6 is 0 Å². The van der Waals surface area contributed by atoms with Crippen LogP contribution in [0.5, 0.6) is 0 Å². The van der Waals surface area contributed by atoms with Crippen LogP contribution in [-0.4, -0.2) is 45.8 Å². The number of rotatable bonds is 3. The molecule has 1 heterocycles. The molecule has 0 aromatic heterocycles. The molecule has 1 aromatic carbocycles. The number of hydrogen-bond donors (Lipinski definition) is 4. The molecule has 8 heteroatoms. The lowest BCUT2D eigenvalue weighted by Crippen LogP contribution is -2.40. The number of hydrogen-bond acceptors (Lipinski definition) is 6. The van der Waals surface area contributed by atoms with E-state index in [2.05, 4.69) is 10.6 Å². The Morgan fingerprint density at radius 2 is 1.87 bits per heavy atom. The van der Waals surface area contributed by atoms with Crippen molar-refractivity contribution in [3.63, 3.8) is 0 Å². The number of aliphatic hydroxyl groups excluding tert-OH is 1. The molecule has 8 nitrogen and oxygen atoms in total. The molecule has 4 N–H and O–H groups in total. The maximum absolute atomic E-state index is 13.1. The Labute approximate surface area is 178 Å². The molecule has 1 aliphatic carbocycles. The number of carbonyl (C=O) groups excluding carboxylic acids is 3. The van der Waals surface area contributed by atoms with Crippen LogP contribution in [0.3, 0.4) is 0 Å². The summed E-state index contributed by atoms with van der Waals surface area (Å²) in [6, 6.07) is 5.51. The molecule has 2 aliphatic rings. The minimum absolute atomic E-state index is 0.0190. The van der Waals surface area contributed by atoms with Gasteiger partial charge in [-0.1, -0.05) is 43.4 Å². The number of allylic oxidation sites excluding steroid dienone is 5. The molecule has 2 bridgehead atoms. The zero-order valence-corrected chi connectivity index (χ0v) is 16.7. The second-order valence-electron chi connectivity index (χ2n) is 7.25. The van der Waals surface area contributed by atoms with Crippen LogP contribution in [0.1, 0.15) is 23.7 Å². The summed E-state index contributed by atoms with van der Waals surface area (Å²) in [5.74, 6) is -3.62. The zero-order valence-electron chi connectivity index (χ0n) is 16.7. The summed E-state index contributed by atoms with van der Waals surface area (Å²) in [6.07, 6.45) is 7.79. The number of fused-ring (bicyclic) bond motifs is 2. The average Bonchev–Trinajstić information content (AvgIpc) is 2.74. The standard InChI is InChI=1S/C23H22N2O6/c1-13-20(27)10-4-2-3-8-18(24-17-9-6-5-7-15(17)23(30)31)16-11-14(26)12-19(21(16)28)25-22(13)29/h2-7,9-13,18,20,24,27H,8H2,1H3,(H,25,29)(H,30,31)/b3-2-,10-4+/t13-,18+,20+/m0/s1. The topological polar surface area (TPSA) is 133 Å². The fraction of sp³-hybridized carbons (Fsp3) is 0.217. The lowest BCUT2D eigenvalue weighted by atomic mass is 9.91. The van der Waals surface area contributed by atoms with E-state index in [9.17, 15) is 29.4 Å². The van der Waals surface area contributed by atoms with Crippen molar-refractivity contribution < 1.29 is 29.4 Å². The Balaban J connectivity index is 2.01. The highest BCUT2D eigenvalue weighted by Gasteiger charge is 2.31. The first-order chi connectivity index (χ1) is 14.8. The average molecular weight is 422 g/mol. The van der Waals surface area contributed by atoms with Crippen LogP contribution in [-0.2, 0) is 14.4 Å². The number of carboxylic acid groups (broad SMARTS) is 1. The highest BCUT2D eigenvalue weighted by atomic mass is 16.4. The van der Waals surface area contributed by atoms with Crippen LogP contribution in [0.2, 0.25) is 0 Å². The lowest BCUT2D eigenvalue weighted by molar-refractivity contribution is -0.127. The molecule has 0 saturated carbocycles. The van der Waals surface area contributed by atoms with Gasteiger partial charge in [-0.05, 0) is 24.6 Å². The molecule has 3 atom stereocenters. The van der Waals surface area contributed by atoms with Gasteiger partial charge in [-0.15, -0.1) is 0 Å². The van der Waals surface area contributed by atoms with Gasteiger partial charge in [0, 0.05) is 17.3 Å². The van der Waals surface area contributed by atoms with E-state index in [1.54, 1.807) is 36.4 Å². The van der Waals surface area contributed by atoms with E-state index in [1.165, 1.54) is 25.1 Å². The number of aromatic carboxylic acids is 1. The second-order valence-corrected chi connectivity index (χ2v) is 7.25. The van der Waals surface area contributed by atoms with E-state index in [4.69, 9.17) is 0 Å². The molecule has 1 amide bonds. The number of amides is 1. The van der Waals surface area contributed by atoms with Crippen molar-refractivity contribution in [1.29, 1.82) is 0 Å². The molecule has 0 radical (unpaired) electrons. The predicted octanol–water partition coefficient (Wildman–Crippen LogP) is 1.76. The quantitative estimate of drug-likeness (QED) is 0.546. The Hall–Kier alpha value is -3.78. The normalized spacial score (nSPS) is 26.3. The number of anilines is 1. The van der Waals surface area contributed by atoms with Gasteiger partial charge in [0.2, 0.25) is 11.7 Å². The van der Waals surface area contributed by atoms with Crippen LogP contribution in [0, 0.1) is 5.92 Å². The van der Waals surface area contributed by atoms with Gasteiger partial charge in [-0.2, -0.15) is 0 Å². The van der Waals surface area contributed by atoms with Crippen molar-refractivity contribution in [2.75, 3.05) is 5.32 Å². The van der Waals surface area contributed by atoms with Gasteiger partial charge in [0.15, 0.2) is 5.78 Å². The third-order valence-corrected chi connectivity index (χ3v) is 5.06. The summed E-state index contributed by atoms with van der Waals surface area (Å²) in [7, 11) is 0. The number of aliphatic hydroxyl groups is 1. The number of carbonyl (C=O) groups is 4. The van der Waals surface area contributed by atoms with Gasteiger partial charge < -0.3 is 20.8 Å². The van der Waals surface area contributed by atoms with Crippen LogP contribution in [0.15, 0.2) is 72.0 Å². The van der Waals surface area contributed by atoms with Gasteiger partial charge >= 0.3 is 5.97 Å². The summed E-state index contributed by atoms with van der Waals surface area (Å²) < 4.78 is 0. The third-order valence-electron chi connectivity index (χ3n) is 5.06. The molecule has 1 aromatic rings. The Morgan fingerprint density at radius 3 is 2.61 bits per heavy atom. The Bertz CT molecular complexity index is 1050. The minimum atomic E-state index is -1.14. The van der Waals surface area contributed by atoms with E-state index < -0.39 is 41.5 Å². The molecule has 0 unspecified atom stereocenters. The van der Waals surface area contributed by atoms with E-state index in [0.29, 0.717) is 5.69 Å². The van der Waals surface area contributed by atoms with Crippen LogP contribution in [0.25, 0.3) is 0 Å². The monoisotopic (exact) mass is 422 g/mol. The predicted molar refractivity (Wildman–Crippen MR) is 113 cm³/mol. The van der Waals surface area contributed by atoms with Crippen molar-refractivity contribution in [2.45, 2.75) is 25.5 Å². The fourth-order valence-corrected chi connectivity index (χ4v) is 3.26. The highest BCUT2D eigenvalue weighted by Crippen LogP contribution is 2.24. The third kappa shape index (κ3) is 5.04. The number of benzene rings is 1. The number of ketones is 2. The summed E-state index contributed by atoms with van der Waals surface area (Å²) >= 11 is 0. The number of carboxylic acids is 1. The summed E-state index contributed by atoms with van der Waals surface area (Å²) in [6.45, 7) is 1.51. The van der Waals surface area contributed by atoms with Crippen LogP contribution < -0.4 is 10.6 Å². The van der Waals surface area contributed by atoms with E-state index in [1.807, 2.05) is 0 Å². The maximum Gasteiger partial charge on any atom is 0.337 e. The first-order valence-corrected chi connectivity index (χ1v) is 9.71. The van der Waals surface area contributed by atoms with Gasteiger partial charge in [0.05, 0.1) is 29.3 Å². The van der Waals surface area contributed by atoms with E-state index in [0.717, 1.165) is 6.08 Å². The molecule has 31 heavy (non-hydrogen) atoms. The molecule has 0 saturated heterocycles. The van der Waals surface area contributed by atoms with Crippen molar-refractivity contribution >= 4 is 29.1 Å². The van der Waals surface area contributed by atoms with Gasteiger partial charge in [0.25, 0.3) is 0 Å². The first-order valence-electron chi connectivity index (χ1n) is 9.71. The molecule has 0 spiro atoms. The van der Waals surface area contributed by atoms with Crippen molar-refractivity contribution in [1.82, 2.24) is 5.32 Å². The molecule has 3 rings (SSSR count). The van der Waals surface area contributed by atoms with E-state index in [-0.39, 0.29) is 23.3 Å². The van der Waals surface area contributed by atoms with Gasteiger partial charge in [-0.25, -0.2) is 4.79 Å². The lowest BCUT2D eigenvalue weighted by Gasteiger charge is -2.25. The first kappa shape index (κ1) is 21.9. The molecule has 1 aliphatic heterocycles. The van der Waals surface area contributed by atoms with Crippen molar-refractivity contribution in [3.05, 3.63) is 77.6 Å². The highest BCUT2D eigenvalue weighted by molar-refractivity contribution is 6.21. The molecule has 160 valence electrons. The Morgan fingerprint density at radius 1 is 1.13 bits per heavy atom. The Kier molecular flexibility index (Phi) is 6.61.